The van der Waals surface area contributed by atoms with E-state index in [0.29, 0.717) is 5.95 Å². The summed E-state index contributed by atoms with van der Waals surface area (Å²) in [6, 6.07) is 0.975. The highest BCUT2D eigenvalue weighted by molar-refractivity contribution is 5.76. The molecule has 1 aromatic rings. The highest BCUT2D eigenvalue weighted by Gasteiger charge is 2.18. The molecule has 0 aromatic carbocycles. The molecule has 0 radical (unpaired) electrons. The number of anilines is 1. The normalized spacial score (nSPS) is 12.2. The summed E-state index contributed by atoms with van der Waals surface area (Å²) < 4.78 is 4.80. The van der Waals surface area contributed by atoms with Gasteiger partial charge in [-0.25, -0.2) is 14.8 Å². The Morgan fingerprint density at radius 3 is 2.50 bits per heavy atom. The van der Waals surface area contributed by atoms with E-state index in [-0.39, 0.29) is 6.61 Å². The monoisotopic (exact) mass is 225 g/mol. The molecule has 6 nitrogen and oxygen atoms in total. The van der Waals surface area contributed by atoms with E-state index in [1.807, 2.05) is 19.9 Å². The van der Waals surface area contributed by atoms with Crippen molar-refractivity contribution in [3.05, 3.63) is 17.5 Å². The Balaban J connectivity index is 2.80. The van der Waals surface area contributed by atoms with Crippen LogP contribution in [0.3, 0.4) is 0 Å². The van der Waals surface area contributed by atoms with Crippen LogP contribution in [0.2, 0.25) is 0 Å². The van der Waals surface area contributed by atoms with Crippen LogP contribution in [0.4, 0.5) is 5.95 Å². The Morgan fingerprint density at radius 2 is 2.06 bits per heavy atom. The highest BCUT2D eigenvalue weighted by atomic mass is 16.5. The molecule has 0 bridgehead atoms. The van der Waals surface area contributed by atoms with Gasteiger partial charge in [0.25, 0.3) is 0 Å². The number of rotatable bonds is 5. The average Bonchev–Trinajstić information content (AvgIpc) is 2.15. The number of hydrogen-bond acceptors (Lipinski definition) is 5. The summed E-state index contributed by atoms with van der Waals surface area (Å²) >= 11 is 0. The van der Waals surface area contributed by atoms with E-state index < -0.39 is 12.0 Å². The fraction of sp³-hybridized carbons (Fsp3) is 0.500. The molecule has 1 unspecified atom stereocenters. The van der Waals surface area contributed by atoms with Crippen LogP contribution in [0.5, 0.6) is 0 Å². The first-order valence-electron chi connectivity index (χ1n) is 4.83. The van der Waals surface area contributed by atoms with Crippen molar-refractivity contribution in [2.75, 3.05) is 19.0 Å². The molecule has 0 aliphatic carbocycles. The summed E-state index contributed by atoms with van der Waals surface area (Å²) in [7, 11) is 1.44. The van der Waals surface area contributed by atoms with Crippen molar-refractivity contribution in [2.45, 2.75) is 19.9 Å². The molecule has 0 saturated heterocycles. The van der Waals surface area contributed by atoms with E-state index in [1.165, 1.54) is 7.11 Å². The van der Waals surface area contributed by atoms with Gasteiger partial charge in [-0.3, -0.25) is 0 Å². The fourth-order valence-electron chi connectivity index (χ4n) is 1.29. The molecule has 0 spiro atoms. The lowest BCUT2D eigenvalue weighted by molar-refractivity contribution is -0.139. The Bertz CT molecular complexity index is 361. The van der Waals surface area contributed by atoms with E-state index >= 15 is 0 Å². The van der Waals surface area contributed by atoms with Gasteiger partial charge in [-0.15, -0.1) is 0 Å². The zero-order valence-electron chi connectivity index (χ0n) is 9.52. The second-order valence-electron chi connectivity index (χ2n) is 3.46. The number of carboxylic acid groups (broad SMARTS) is 1. The number of aromatic nitrogens is 2. The van der Waals surface area contributed by atoms with Crippen LogP contribution in [-0.2, 0) is 9.53 Å². The van der Waals surface area contributed by atoms with Gasteiger partial charge < -0.3 is 15.2 Å². The molecule has 16 heavy (non-hydrogen) atoms. The Morgan fingerprint density at radius 1 is 1.50 bits per heavy atom. The number of aliphatic carboxylic acids is 1. The quantitative estimate of drug-likeness (QED) is 0.763. The van der Waals surface area contributed by atoms with E-state index in [1.54, 1.807) is 0 Å². The van der Waals surface area contributed by atoms with Crippen LogP contribution in [0, 0.1) is 13.8 Å². The molecule has 0 aliphatic heterocycles. The molecule has 1 aromatic heterocycles. The van der Waals surface area contributed by atoms with Crippen molar-refractivity contribution in [1.82, 2.24) is 9.97 Å². The van der Waals surface area contributed by atoms with Crippen LogP contribution in [0.1, 0.15) is 11.4 Å². The number of aryl methyl sites for hydroxylation is 2. The van der Waals surface area contributed by atoms with Gasteiger partial charge >= 0.3 is 5.97 Å². The van der Waals surface area contributed by atoms with Crippen LogP contribution in [0.15, 0.2) is 6.07 Å². The van der Waals surface area contributed by atoms with Crippen molar-refractivity contribution in [3.8, 4) is 0 Å². The summed E-state index contributed by atoms with van der Waals surface area (Å²) in [6.45, 7) is 3.71. The standard InChI is InChI=1S/C10H15N3O3/c1-6-4-7(2)12-10(11-6)13-8(5-16-3)9(14)15/h4,8H,5H2,1-3H3,(H,14,15)(H,11,12,13). The molecule has 1 heterocycles. The summed E-state index contributed by atoms with van der Waals surface area (Å²) in [6.07, 6.45) is 0. The lowest BCUT2D eigenvalue weighted by Crippen LogP contribution is -2.34. The van der Waals surface area contributed by atoms with Crippen molar-refractivity contribution >= 4 is 11.9 Å². The number of carbonyl (C=O) groups is 1. The molecule has 0 aliphatic rings. The Labute approximate surface area is 93.7 Å². The van der Waals surface area contributed by atoms with Gasteiger partial charge in [-0.1, -0.05) is 0 Å². The second-order valence-corrected chi connectivity index (χ2v) is 3.46. The zero-order valence-corrected chi connectivity index (χ0v) is 9.52. The average molecular weight is 225 g/mol. The lowest BCUT2D eigenvalue weighted by Gasteiger charge is -2.13. The van der Waals surface area contributed by atoms with Gasteiger partial charge in [0.15, 0.2) is 6.04 Å². The first-order chi connectivity index (χ1) is 7.52. The van der Waals surface area contributed by atoms with Gasteiger partial charge in [0.2, 0.25) is 5.95 Å². The predicted molar refractivity (Wildman–Crippen MR) is 58.4 cm³/mol. The van der Waals surface area contributed by atoms with Crippen LogP contribution < -0.4 is 5.32 Å². The molecular weight excluding hydrogens is 210 g/mol. The minimum atomic E-state index is -0.996. The first-order valence-corrected chi connectivity index (χ1v) is 4.83. The van der Waals surface area contributed by atoms with Crippen LogP contribution >= 0.6 is 0 Å². The van der Waals surface area contributed by atoms with Crippen LogP contribution in [0.25, 0.3) is 0 Å². The van der Waals surface area contributed by atoms with E-state index in [9.17, 15) is 4.79 Å². The van der Waals surface area contributed by atoms with Crippen molar-refractivity contribution in [3.63, 3.8) is 0 Å². The Kier molecular flexibility index (Phi) is 4.19. The first kappa shape index (κ1) is 12.4. The second kappa shape index (κ2) is 5.41. The summed E-state index contributed by atoms with van der Waals surface area (Å²) in [5.41, 5.74) is 1.58. The minimum absolute atomic E-state index is 0.0612. The van der Waals surface area contributed by atoms with Gasteiger partial charge in [-0.05, 0) is 19.9 Å². The maximum Gasteiger partial charge on any atom is 0.328 e. The number of nitrogens with one attached hydrogen (secondary N) is 1. The molecule has 1 rings (SSSR count). The van der Waals surface area contributed by atoms with Gasteiger partial charge in [-0.2, -0.15) is 0 Å². The van der Waals surface area contributed by atoms with E-state index in [4.69, 9.17) is 9.84 Å². The smallest absolute Gasteiger partial charge is 0.328 e. The third-order valence-corrected chi connectivity index (χ3v) is 1.92. The van der Waals surface area contributed by atoms with E-state index in [0.717, 1.165) is 11.4 Å². The maximum atomic E-state index is 10.9. The summed E-state index contributed by atoms with van der Waals surface area (Å²) in [5.74, 6) is -0.688. The molecule has 1 atom stereocenters. The number of ether oxygens (including phenoxy) is 1. The summed E-state index contributed by atoms with van der Waals surface area (Å²) in [4.78, 5) is 19.1. The predicted octanol–water partition coefficient (Wildman–Crippen LogP) is 0.605. The SMILES string of the molecule is COCC(Nc1nc(C)cc(C)n1)C(=O)O. The fourth-order valence-corrected chi connectivity index (χ4v) is 1.29. The number of hydrogen-bond donors (Lipinski definition) is 2. The van der Waals surface area contributed by atoms with Crippen molar-refractivity contribution in [1.29, 1.82) is 0 Å². The number of nitrogens with zero attached hydrogens (tertiary/aromatic N) is 2. The number of carboxylic acids is 1. The Hall–Kier alpha value is -1.69. The summed E-state index contributed by atoms with van der Waals surface area (Å²) in [5, 5.41) is 11.6. The van der Waals surface area contributed by atoms with Crippen molar-refractivity contribution < 1.29 is 14.6 Å². The van der Waals surface area contributed by atoms with Crippen molar-refractivity contribution in [2.24, 2.45) is 0 Å². The van der Waals surface area contributed by atoms with Gasteiger partial charge in [0.1, 0.15) is 0 Å². The largest absolute Gasteiger partial charge is 0.480 e. The molecule has 6 heteroatoms. The van der Waals surface area contributed by atoms with Gasteiger partial charge in [0.05, 0.1) is 6.61 Å². The molecule has 0 saturated carbocycles. The lowest BCUT2D eigenvalue weighted by atomic mass is 10.3. The molecule has 0 fully saturated rings. The van der Waals surface area contributed by atoms with Crippen LogP contribution in [-0.4, -0.2) is 40.8 Å². The third kappa shape index (κ3) is 3.47. The maximum absolute atomic E-state index is 10.9. The minimum Gasteiger partial charge on any atom is -0.480 e. The zero-order chi connectivity index (χ0) is 12.1. The topological polar surface area (TPSA) is 84.3 Å². The molecular formula is C10H15N3O3. The highest BCUT2D eigenvalue weighted by Crippen LogP contribution is 2.05. The molecule has 0 amide bonds. The van der Waals surface area contributed by atoms with E-state index in [2.05, 4.69) is 15.3 Å². The van der Waals surface area contributed by atoms with Gasteiger partial charge in [0, 0.05) is 18.5 Å². The molecule has 88 valence electrons. The number of methoxy groups -OCH3 is 1. The third-order valence-electron chi connectivity index (χ3n) is 1.92. The molecule has 2 N–H and O–H groups in total.